The second-order valence-corrected chi connectivity index (χ2v) is 6.63. The number of urea groups is 1. The molecule has 7 nitrogen and oxygen atoms in total. The second kappa shape index (κ2) is 7.74. The zero-order valence-electron chi connectivity index (χ0n) is 14.6. The van der Waals surface area contributed by atoms with Gasteiger partial charge in [-0.15, -0.1) is 0 Å². The van der Waals surface area contributed by atoms with E-state index < -0.39 is 0 Å². The van der Waals surface area contributed by atoms with Crippen molar-refractivity contribution >= 4 is 17.6 Å². The van der Waals surface area contributed by atoms with Crippen molar-refractivity contribution < 1.29 is 14.3 Å². The average Bonchev–Trinajstić information content (AvgIpc) is 2.56. The molecule has 25 heavy (non-hydrogen) atoms. The Hall–Kier alpha value is -2.28. The van der Waals surface area contributed by atoms with Gasteiger partial charge in [-0.2, -0.15) is 0 Å². The first-order valence-corrected chi connectivity index (χ1v) is 8.89. The molecule has 2 aliphatic heterocycles. The van der Waals surface area contributed by atoms with Gasteiger partial charge in [0, 0.05) is 25.0 Å². The highest BCUT2D eigenvalue weighted by atomic mass is 16.5. The van der Waals surface area contributed by atoms with E-state index in [4.69, 9.17) is 10.5 Å². The Morgan fingerprint density at radius 2 is 1.92 bits per heavy atom. The summed E-state index contributed by atoms with van der Waals surface area (Å²) in [5.74, 6) is 0.497. The van der Waals surface area contributed by atoms with Crippen molar-refractivity contribution in [1.82, 2.24) is 9.80 Å². The molecule has 0 spiro atoms. The summed E-state index contributed by atoms with van der Waals surface area (Å²) < 4.78 is 5.54. The second-order valence-electron chi connectivity index (χ2n) is 6.63. The minimum Gasteiger partial charge on any atom is -0.492 e. The van der Waals surface area contributed by atoms with Crippen LogP contribution in [0.5, 0.6) is 5.75 Å². The molecule has 0 aromatic heterocycles. The minimum atomic E-state index is -0.192. The molecule has 2 aliphatic rings. The lowest BCUT2D eigenvalue weighted by molar-refractivity contribution is -0.123. The Labute approximate surface area is 148 Å². The number of anilines is 1. The van der Waals surface area contributed by atoms with Gasteiger partial charge < -0.3 is 20.7 Å². The van der Waals surface area contributed by atoms with Crippen molar-refractivity contribution in [2.24, 2.45) is 11.7 Å². The molecule has 3 amide bonds. The number of para-hydroxylation sites is 2. The summed E-state index contributed by atoms with van der Waals surface area (Å²) in [6.07, 6.45) is 1.64. The molecule has 136 valence electrons. The van der Waals surface area contributed by atoms with Crippen LogP contribution in [0, 0.1) is 5.92 Å². The van der Waals surface area contributed by atoms with E-state index >= 15 is 0 Å². The highest BCUT2D eigenvalue weighted by molar-refractivity contribution is 5.91. The predicted octanol–water partition coefficient (Wildman–Crippen LogP) is 1.50. The van der Waals surface area contributed by atoms with Gasteiger partial charge in [-0.25, -0.2) is 4.79 Å². The molecule has 2 saturated heterocycles. The van der Waals surface area contributed by atoms with Crippen LogP contribution in [-0.2, 0) is 4.79 Å². The lowest BCUT2D eigenvalue weighted by atomic mass is 9.94. The van der Waals surface area contributed by atoms with E-state index in [2.05, 4.69) is 10.2 Å². The van der Waals surface area contributed by atoms with E-state index in [1.807, 2.05) is 31.2 Å². The van der Waals surface area contributed by atoms with Gasteiger partial charge in [0.2, 0.25) is 5.91 Å². The standard InChI is InChI=1S/C18H26N4O3/c1-2-25-16-6-4-3-5-15(16)20-18(24)22-11-14(12-22)21-9-7-13(8-10-21)17(19)23/h3-6,13-14H,2,7-12H2,1H3,(H2,19,23)(H,20,24). The number of primary amides is 1. The third-order valence-electron chi connectivity index (χ3n) is 5.03. The maximum atomic E-state index is 12.4. The molecule has 0 aliphatic carbocycles. The number of rotatable bonds is 5. The Morgan fingerprint density at radius 1 is 1.24 bits per heavy atom. The number of amides is 3. The Balaban J connectivity index is 1.47. The van der Waals surface area contributed by atoms with E-state index in [0.717, 1.165) is 25.9 Å². The number of likely N-dealkylation sites (tertiary alicyclic amines) is 2. The van der Waals surface area contributed by atoms with Gasteiger partial charge in [0.25, 0.3) is 0 Å². The van der Waals surface area contributed by atoms with Gasteiger partial charge in [-0.3, -0.25) is 9.69 Å². The van der Waals surface area contributed by atoms with Crippen LogP contribution in [0.25, 0.3) is 0 Å². The van der Waals surface area contributed by atoms with Gasteiger partial charge in [0.15, 0.2) is 0 Å². The summed E-state index contributed by atoms with van der Waals surface area (Å²) in [6.45, 7) is 5.65. The highest BCUT2D eigenvalue weighted by Crippen LogP contribution is 2.26. The Kier molecular flexibility index (Phi) is 5.43. The average molecular weight is 346 g/mol. The van der Waals surface area contributed by atoms with Crippen LogP contribution in [0.4, 0.5) is 10.5 Å². The summed E-state index contributed by atoms with van der Waals surface area (Å²) in [5.41, 5.74) is 6.07. The predicted molar refractivity (Wildman–Crippen MR) is 95.5 cm³/mol. The van der Waals surface area contributed by atoms with E-state index in [9.17, 15) is 9.59 Å². The van der Waals surface area contributed by atoms with Gasteiger partial charge >= 0.3 is 6.03 Å². The molecule has 0 unspecified atom stereocenters. The maximum absolute atomic E-state index is 12.4. The normalized spacial score (nSPS) is 19.3. The van der Waals surface area contributed by atoms with Crippen LogP contribution in [0.1, 0.15) is 19.8 Å². The van der Waals surface area contributed by atoms with E-state index in [1.54, 1.807) is 4.90 Å². The molecule has 1 aromatic rings. The third-order valence-corrected chi connectivity index (χ3v) is 5.03. The van der Waals surface area contributed by atoms with Crippen molar-refractivity contribution in [3.8, 4) is 5.75 Å². The van der Waals surface area contributed by atoms with Crippen molar-refractivity contribution in [3.05, 3.63) is 24.3 Å². The molecule has 7 heteroatoms. The lowest BCUT2D eigenvalue weighted by Gasteiger charge is -2.47. The molecule has 1 aromatic carbocycles. The largest absolute Gasteiger partial charge is 0.492 e. The Bertz CT molecular complexity index is 623. The van der Waals surface area contributed by atoms with Crippen molar-refractivity contribution in [2.45, 2.75) is 25.8 Å². The monoisotopic (exact) mass is 346 g/mol. The van der Waals surface area contributed by atoms with Gasteiger partial charge in [0.1, 0.15) is 5.75 Å². The minimum absolute atomic E-state index is 0.00537. The number of carbonyl (C=O) groups excluding carboxylic acids is 2. The van der Waals surface area contributed by atoms with Crippen molar-refractivity contribution in [2.75, 3.05) is 38.1 Å². The maximum Gasteiger partial charge on any atom is 0.322 e. The first-order valence-electron chi connectivity index (χ1n) is 8.89. The van der Waals surface area contributed by atoms with Crippen molar-refractivity contribution in [3.63, 3.8) is 0 Å². The van der Waals surface area contributed by atoms with Crippen LogP contribution < -0.4 is 15.8 Å². The Morgan fingerprint density at radius 3 is 2.56 bits per heavy atom. The number of benzene rings is 1. The first kappa shape index (κ1) is 17.5. The van der Waals surface area contributed by atoms with Crippen LogP contribution in [0.3, 0.4) is 0 Å². The van der Waals surface area contributed by atoms with E-state index in [-0.39, 0.29) is 17.9 Å². The number of nitrogens with one attached hydrogen (secondary N) is 1. The third kappa shape index (κ3) is 4.04. The van der Waals surface area contributed by atoms with E-state index in [1.165, 1.54) is 0 Å². The number of nitrogens with zero attached hydrogens (tertiary/aromatic N) is 2. The summed E-state index contributed by atoms with van der Waals surface area (Å²) in [6, 6.07) is 7.73. The number of hydrogen-bond donors (Lipinski definition) is 2. The molecule has 0 atom stereocenters. The zero-order valence-corrected chi connectivity index (χ0v) is 14.6. The molecular weight excluding hydrogens is 320 g/mol. The fourth-order valence-electron chi connectivity index (χ4n) is 3.45. The summed E-state index contributed by atoms with van der Waals surface area (Å²) in [4.78, 5) is 27.8. The zero-order chi connectivity index (χ0) is 17.8. The number of hydrogen-bond acceptors (Lipinski definition) is 4. The fourth-order valence-corrected chi connectivity index (χ4v) is 3.45. The highest BCUT2D eigenvalue weighted by Gasteiger charge is 2.37. The first-order chi connectivity index (χ1) is 12.1. The van der Waals surface area contributed by atoms with Crippen LogP contribution in [0.15, 0.2) is 24.3 Å². The molecule has 0 radical (unpaired) electrons. The van der Waals surface area contributed by atoms with Crippen LogP contribution in [0.2, 0.25) is 0 Å². The van der Waals surface area contributed by atoms with Crippen molar-refractivity contribution in [1.29, 1.82) is 0 Å². The summed E-state index contributed by atoms with van der Waals surface area (Å²) in [7, 11) is 0. The molecular formula is C18H26N4O3. The SMILES string of the molecule is CCOc1ccccc1NC(=O)N1CC(N2CCC(C(N)=O)CC2)C1. The number of carbonyl (C=O) groups is 2. The molecule has 2 heterocycles. The molecule has 3 rings (SSSR count). The number of nitrogens with two attached hydrogens (primary N) is 1. The molecule has 0 saturated carbocycles. The van der Waals surface area contributed by atoms with Crippen LogP contribution in [-0.4, -0.2) is 60.6 Å². The molecule has 0 bridgehead atoms. The van der Waals surface area contributed by atoms with Crippen LogP contribution >= 0.6 is 0 Å². The summed E-state index contributed by atoms with van der Waals surface area (Å²) in [5, 5.41) is 2.93. The smallest absolute Gasteiger partial charge is 0.322 e. The summed E-state index contributed by atoms with van der Waals surface area (Å²) >= 11 is 0. The van der Waals surface area contributed by atoms with Gasteiger partial charge in [-0.05, 0) is 45.0 Å². The molecule has 2 fully saturated rings. The van der Waals surface area contributed by atoms with Gasteiger partial charge in [0.05, 0.1) is 12.3 Å². The topological polar surface area (TPSA) is 87.9 Å². The lowest BCUT2D eigenvalue weighted by Crippen LogP contribution is -2.63. The van der Waals surface area contributed by atoms with Gasteiger partial charge in [-0.1, -0.05) is 12.1 Å². The number of ether oxygens (including phenoxy) is 1. The molecule has 3 N–H and O–H groups in total. The van der Waals surface area contributed by atoms with E-state index in [0.29, 0.717) is 37.2 Å². The number of piperidine rings is 1. The quantitative estimate of drug-likeness (QED) is 0.846. The fraction of sp³-hybridized carbons (Fsp3) is 0.556.